The monoisotopic (exact) mass is 309 g/mol. The molecule has 2 rings (SSSR count). The summed E-state index contributed by atoms with van der Waals surface area (Å²) < 4.78 is 0. The third-order valence-electron chi connectivity index (χ3n) is 3.76. The number of benzene rings is 1. The van der Waals surface area contributed by atoms with Crippen LogP contribution in [0.2, 0.25) is 5.02 Å². The summed E-state index contributed by atoms with van der Waals surface area (Å²) in [4.78, 5) is 23.3. The molecule has 2 N–H and O–H groups in total. The zero-order valence-electron chi connectivity index (χ0n) is 12.0. The van der Waals surface area contributed by atoms with Crippen LogP contribution in [0.15, 0.2) is 24.3 Å². The van der Waals surface area contributed by atoms with Crippen molar-refractivity contribution in [2.24, 2.45) is 11.8 Å². The van der Waals surface area contributed by atoms with Crippen LogP contribution in [0.25, 0.3) is 0 Å². The molecule has 21 heavy (non-hydrogen) atoms. The predicted molar refractivity (Wildman–Crippen MR) is 81.2 cm³/mol. The first-order valence-electron chi connectivity index (χ1n) is 7.23. The summed E-state index contributed by atoms with van der Waals surface area (Å²) in [7, 11) is 0. The average Bonchev–Trinajstić information content (AvgIpc) is 3.21. The van der Waals surface area contributed by atoms with Crippen LogP contribution < -0.4 is 5.32 Å². The van der Waals surface area contributed by atoms with E-state index in [9.17, 15) is 14.7 Å². The first-order chi connectivity index (χ1) is 9.95. The van der Waals surface area contributed by atoms with Crippen LogP contribution >= 0.6 is 11.6 Å². The molecular weight excluding hydrogens is 290 g/mol. The molecule has 1 amide bonds. The van der Waals surface area contributed by atoms with Crippen molar-refractivity contribution in [2.75, 3.05) is 0 Å². The minimum atomic E-state index is -0.954. The van der Waals surface area contributed by atoms with Gasteiger partial charge in [0.15, 0.2) is 0 Å². The Morgan fingerprint density at radius 3 is 2.71 bits per heavy atom. The molecule has 1 saturated carbocycles. The van der Waals surface area contributed by atoms with Crippen molar-refractivity contribution in [1.29, 1.82) is 0 Å². The quantitative estimate of drug-likeness (QED) is 0.814. The van der Waals surface area contributed by atoms with Gasteiger partial charge in [-0.2, -0.15) is 0 Å². The van der Waals surface area contributed by atoms with Gasteiger partial charge in [0.1, 0.15) is 6.04 Å². The Bertz CT molecular complexity index is 528. The summed E-state index contributed by atoms with van der Waals surface area (Å²) >= 11 is 5.92. The molecule has 1 aliphatic carbocycles. The van der Waals surface area contributed by atoms with Gasteiger partial charge in [0.2, 0.25) is 5.91 Å². The molecule has 0 bridgehead atoms. The molecular formula is C16H20ClNO3. The van der Waals surface area contributed by atoms with Gasteiger partial charge >= 0.3 is 5.97 Å². The molecule has 5 heteroatoms. The molecule has 2 unspecified atom stereocenters. The van der Waals surface area contributed by atoms with Crippen molar-refractivity contribution in [1.82, 2.24) is 5.32 Å². The molecule has 1 fully saturated rings. The van der Waals surface area contributed by atoms with E-state index in [-0.39, 0.29) is 11.8 Å². The number of carboxylic acids is 1. The van der Waals surface area contributed by atoms with E-state index in [0.29, 0.717) is 23.8 Å². The summed E-state index contributed by atoms with van der Waals surface area (Å²) in [5.41, 5.74) is 0.971. The van der Waals surface area contributed by atoms with Crippen molar-refractivity contribution in [2.45, 2.75) is 38.6 Å². The lowest BCUT2D eigenvalue weighted by molar-refractivity contribution is -0.142. The van der Waals surface area contributed by atoms with Crippen molar-refractivity contribution in [3.8, 4) is 0 Å². The molecule has 0 spiro atoms. The van der Waals surface area contributed by atoms with Crippen molar-refractivity contribution in [3.05, 3.63) is 34.9 Å². The minimum Gasteiger partial charge on any atom is -0.480 e. The van der Waals surface area contributed by atoms with Crippen LogP contribution in [-0.4, -0.2) is 23.0 Å². The molecule has 1 aliphatic rings. The molecule has 114 valence electrons. The summed E-state index contributed by atoms with van der Waals surface area (Å²) in [5.74, 6) is -1.01. The third kappa shape index (κ3) is 5.05. The maximum Gasteiger partial charge on any atom is 0.326 e. The van der Waals surface area contributed by atoms with E-state index in [1.54, 1.807) is 13.0 Å². The molecule has 1 aromatic carbocycles. The van der Waals surface area contributed by atoms with Crippen LogP contribution in [0, 0.1) is 11.8 Å². The van der Waals surface area contributed by atoms with Crippen LogP contribution in [0.3, 0.4) is 0 Å². The van der Waals surface area contributed by atoms with Crippen LogP contribution in [-0.2, 0) is 16.0 Å². The number of aliphatic carboxylic acids is 1. The highest BCUT2D eigenvalue weighted by Crippen LogP contribution is 2.33. The van der Waals surface area contributed by atoms with Gasteiger partial charge in [0, 0.05) is 10.9 Å². The SMILES string of the molecule is CC(Cc1cccc(Cl)c1)C(=O)NC(CC1CC1)C(=O)O. The fourth-order valence-electron chi connectivity index (χ4n) is 2.33. The van der Waals surface area contributed by atoms with Gasteiger partial charge in [-0.1, -0.05) is 43.5 Å². The van der Waals surface area contributed by atoms with Crippen molar-refractivity contribution < 1.29 is 14.7 Å². The second kappa shape index (κ2) is 6.94. The zero-order chi connectivity index (χ0) is 15.4. The van der Waals surface area contributed by atoms with Crippen LogP contribution in [0.1, 0.15) is 31.7 Å². The molecule has 4 nitrogen and oxygen atoms in total. The van der Waals surface area contributed by atoms with Gasteiger partial charge < -0.3 is 10.4 Å². The lowest BCUT2D eigenvalue weighted by atomic mass is 9.99. The Kier molecular flexibility index (Phi) is 5.23. The molecule has 0 radical (unpaired) electrons. The number of hydrogen-bond donors (Lipinski definition) is 2. The van der Waals surface area contributed by atoms with E-state index in [4.69, 9.17) is 11.6 Å². The van der Waals surface area contributed by atoms with Gasteiger partial charge in [-0.15, -0.1) is 0 Å². The molecule has 2 atom stereocenters. The highest BCUT2D eigenvalue weighted by Gasteiger charge is 2.31. The van der Waals surface area contributed by atoms with Gasteiger partial charge in [0.25, 0.3) is 0 Å². The largest absolute Gasteiger partial charge is 0.480 e. The fraction of sp³-hybridized carbons (Fsp3) is 0.500. The van der Waals surface area contributed by atoms with Crippen LogP contribution in [0.4, 0.5) is 0 Å². The Hall–Kier alpha value is -1.55. The smallest absolute Gasteiger partial charge is 0.326 e. The highest BCUT2D eigenvalue weighted by atomic mass is 35.5. The van der Waals surface area contributed by atoms with E-state index in [2.05, 4.69) is 5.32 Å². The number of carbonyl (C=O) groups is 2. The second-order valence-corrected chi connectivity index (χ2v) is 6.25. The summed E-state index contributed by atoms with van der Waals surface area (Å²) in [6.45, 7) is 1.80. The number of hydrogen-bond acceptors (Lipinski definition) is 2. The standard InChI is InChI=1S/C16H20ClNO3/c1-10(7-12-3-2-4-13(17)8-12)15(19)18-14(16(20)21)9-11-5-6-11/h2-4,8,10-11,14H,5-7,9H2,1H3,(H,18,19)(H,20,21). The number of halogens is 1. The summed E-state index contributed by atoms with van der Waals surface area (Å²) in [5, 5.41) is 12.5. The molecule has 1 aromatic rings. The van der Waals surface area contributed by atoms with Crippen LogP contribution in [0.5, 0.6) is 0 Å². The third-order valence-corrected chi connectivity index (χ3v) is 3.99. The first kappa shape index (κ1) is 15.8. The average molecular weight is 310 g/mol. The number of carbonyl (C=O) groups excluding carboxylic acids is 1. The van der Waals surface area contributed by atoms with E-state index >= 15 is 0 Å². The Morgan fingerprint density at radius 2 is 2.14 bits per heavy atom. The number of rotatable bonds is 7. The van der Waals surface area contributed by atoms with Gasteiger partial charge in [-0.3, -0.25) is 4.79 Å². The van der Waals surface area contributed by atoms with Crippen molar-refractivity contribution >= 4 is 23.5 Å². The number of amides is 1. The van der Waals surface area contributed by atoms with E-state index in [1.165, 1.54) is 0 Å². The lowest BCUT2D eigenvalue weighted by Gasteiger charge is -2.18. The van der Waals surface area contributed by atoms with Gasteiger partial charge in [-0.05, 0) is 36.5 Å². The Morgan fingerprint density at radius 1 is 1.43 bits per heavy atom. The summed E-state index contributed by atoms with van der Waals surface area (Å²) in [6.07, 6.45) is 3.21. The first-order valence-corrected chi connectivity index (χ1v) is 7.61. The molecule has 0 aromatic heterocycles. The normalized spacial score (nSPS) is 17.0. The predicted octanol–water partition coefficient (Wildman–Crippen LogP) is 2.89. The number of nitrogens with one attached hydrogen (secondary N) is 1. The fourth-order valence-corrected chi connectivity index (χ4v) is 2.55. The molecule has 0 saturated heterocycles. The Balaban J connectivity index is 1.89. The highest BCUT2D eigenvalue weighted by molar-refractivity contribution is 6.30. The molecule has 0 aliphatic heterocycles. The van der Waals surface area contributed by atoms with Gasteiger partial charge in [-0.25, -0.2) is 4.79 Å². The number of carboxylic acid groups (broad SMARTS) is 1. The van der Waals surface area contributed by atoms with E-state index in [1.807, 2.05) is 18.2 Å². The lowest BCUT2D eigenvalue weighted by Crippen LogP contribution is -2.43. The minimum absolute atomic E-state index is 0.219. The zero-order valence-corrected chi connectivity index (χ0v) is 12.8. The maximum absolute atomic E-state index is 12.1. The second-order valence-electron chi connectivity index (χ2n) is 5.81. The summed E-state index contributed by atoms with van der Waals surface area (Å²) in [6, 6.07) is 6.59. The Labute approximate surface area is 129 Å². The van der Waals surface area contributed by atoms with E-state index in [0.717, 1.165) is 18.4 Å². The topological polar surface area (TPSA) is 66.4 Å². The van der Waals surface area contributed by atoms with Gasteiger partial charge in [0.05, 0.1) is 0 Å². The molecule has 0 heterocycles. The van der Waals surface area contributed by atoms with Crippen molar-refractivity contribution in [3.63, 3.8) is 0 Å². The maximum atomic E-state index is 12.1. The van der Waals surface area contributed by atoms with E-state index < -0.39 is 12.0 Å².